The van der Waals surface area contributed by atoms with Gasteiger partial charge in [-0.25, -0.2) is 0 Å². The molecule has 4 rings (SSSR count). The van der Waals surface area contributed by atoms with E-state index in [0.717, 1.165) is 38.5 Å². The molecule has 9 nitrogen and oxygen atoms in total. The first kappa shape index (κ1) is 30.3. The standard InChI is InChI=1S/C30H48O9/c1-16-13-22-7-10-26(37-22)20(5)29(32)35-18(3)15-24-9-12-27(39-24)21(6)30(33)36-17(2)14-23-8-11-25(38-23)19(4)28(31)34-16/h16-27H,7-15H2,1-6H3. The van der Waals surface area contributed by atoms with Gasteiger partial charge in [-0.3, -0.25) is 14.4 Å². The Balaban J connectivity index is 1.41. The Morgan fingerprint density at radius 3 is 0.949 bits per heavy atom. The molecule has 4 heterocycles. The molecular weight excluding hydrogens is 504 g/mol. The van der Waals surface area contributed by atoms with Gasteiger partial charge in [0.2, 0.25) is 0 Å². The van der Waals surface area contributed by atoms with E-state index in [0.29, 0.717) is 19.3 Å². The second-order valence-electron chi connectivity index (χ2n) is 12.4. The van der Waals surface area contributed by atoms with Crippen LogP contribution in [0, 0.1) is 17.8 Å². The van der Waals surface area contributed by atoms with Crippen molar-refractivity contribution in [1.29, 1.82) is 0 Å². The molecule has 0 radical (unpaired) electrons. The largest absolute Gasteiger partial charge is 0.462 e. The van der Waals surface area contributed by atoms with E-state index >= 15 is 0 Å². The number of fused-ring (bicyclic) bond motifs is 6. The summed E-state index contributed by atoms with van der Waals surface area (Å²) in [6.45, 7) is 11.2. The van der Waals surface area contributed by atoms with Crippen molar-refractivity contribution in [1.82, 2.24) is 0 Å². The quantitative estimate of drug-likeness (QED) is 0.317. The number of hydrogen-bond acceptors (Lipinski definition) is 9. The molecule has 0 spiro atoms. The second kappa shape index (κ2) is 13.3. The Hall–Kier alpha value is -1.71. The highest BCUT2D eigenvalue weighted by atomic mass is 16.6. The molecule has 0 amide bonds. The second-order valence-corrected chi connectivity index (χ2v) is 12.4. The third-order valence-corrected chi connectivity index (χ3v) is 8.95. The highest BCUT2D eigenvalue weighted by molar-refractivity contribution is 5.74. The first-order chi connectivity index (χ1) is 18.5. The monoisotopic (exact) mass is 552 g/mol. The first-order valence-corrected chi connectivity index (χ1v) is 15.1. The van der Waals surface area contributed by atoms with Gasteiger partial charge in [-0.2, -0.15) is 0 Å². The zero-order valence-electron chi connectivity index (χ0n) is 24.5. The molecular formula is C30H48O9. The van der Waals surface area contributed by atoms with Gasteiger partial charge < -0.3 is 28.4 Å². The summed E-state index contributed by atoms with van der Waals surface area (Å²) in [5, 5.41) is 0. The SMILES string of the molecule is CC1CC2CCC(O2)C(C)C(=O)OC(C)CC2CCC(O2)C(C)C(=O)OC(C)CC2CCC(O2)C(C)C(=O)O1. The Bertz CT molecular complexity index is 752. The summed E-state index contributed by atoms with van der Waals surface area (Å²) in [5.74, 6) is -1.98. The van der Waals surface area contributed by atoms with Gasteiger partial charge in [-0.15, -0.1) is 0 Å². The molecule has 0 aromatic carbocycles. The average molecular weight is 553 g/mol. The first-order valence-electron chi connectivity index (χ1n) is 15.1. The maximum atomic E-state index is 12.9. The Morgan fingerprint density at radius 1 is 0.436 bits per heavy atom. The van der Waals surface area contributed by atoms with Crippen LogP contribution in [0.3, 0.4) is 0 Å². The number of cyclic esters (lactones) is 3. The van der Waals surface area contributed by atoms with Gasteiger partial charge in [0.15, 0.2) is 0 Å². The normalized spacial score (nSPS) is 45.2. The smallest absolute Gasteiger partial charge is 0.311 e. The molecule has 6 bridgehead atoms. The summed E-state index contributed by atoms with van der Waals surface area (Å²) in [7, 11) is 0. The minimum absolute atomic E-state index is 0.0616. The molecule has 4 fully saturated rings. The summed E-state index contributed by atoms with van der Waals surface area (Å²) < 4.78 is 35.9. The molecule has 0 aromatic rings. The van der Waals surface area contributed by atoms with Gasteiger partial charge in [0.1, 0.15) is 18.3 Å². The van der Waals surface area contributed by atoms with Crippen LogP contribution in [0.25, 0.3) is 0 Å². The van der Waals surface area contributed by atoms with Gasteiger partial charge in [0.05, 0.1) is 54.4 Å². The molecule has 4 aliphatic rings. The lowest BCUT2D eigenvalue weighted by molar-refractivity contribution is -0.162. The molecule has 39 heavy (non-hydrogen) atoms. The average Bonchev–Trinajstić information content (AvgIpc) is 3.63. The minimum Gasteiger partial charge on any atom is -0.462 e. The summed E-state index contributed by atoms with van der Waals surface area (Å²) >= 11 is 0. The summed E-state index contributed by atoms with van der Waals surface area (Å²) in [6.07, 6.45) is 4.78. The topological polar surface area (TPSA) is 107 Å². The fourth-order valence-electron chi connectivity index (χ4n) is 6.45. The van der Waals surface area contributed by atoms with Gasteiger partial charge in [-0.1, -0.05) is 0 Å². The maximum Gasteiger partial charge on any atom is 0.311 e. The van der Waals surface area contributed by atoms with Crippen molar-refractivity contribution in [3.8, 4) is 0 Å². The number of carbonyl (C=O) groups excluding carboxylic acids is 3. The minimum atomic E-state index is -0.387. The van der Waals surface area contributed by atoms with Gasteiger partial charge in [0.25, 0.3) is 0 Å². The van der Waals surface area contributed by atoms with E-state index in [1.54, 1.807) is 0 Å². The van der Waals surface area contributed by atoms with Crippen molar-refractivity contribution in [3.63, 3.8) is 0 Å². The van der Waals surface area contributed by atoms with E-state index in [2.05, 4.69) is 0 Å². The summed E-state index contributed by atoms with van der Waals surface area (Å²) in [4.78, 5) is 38.6. The molecule has 222 valence electrons. The fourth-order valence-corrected chi connectivity index (χ4v) is 6.45. The van der Waals surface area contributed by atoms with Crippen molar-refractivity contribution in [2.45, 2.75) is 154 Å². The Morgan fingerprint density at radius 2 is 0.692 bits per heavy atom. The van der Waals surface area contributed by atoms with E-state index < -0.39 is 0 Å². The predicted molar refractivity (Wildman–Crippen MR) is 142 cm³/mol. The fraction of sp³-hybridized carbons (Fsp3) is 0.900. The van der Waals surface area contributed by atoms with Crippen LogP contribution in [0.5, 0.6) is 0 Å². The van der Waals surface area contributed by atoms with Crippen molar-refractivity contribution < 1.29 is 42.8 Å². The zero-order chi connectivity index (χ0) is 28.3. The van der Waals surface area contributed by atoms with Crippen LogP contribution in [0.15, 0.2) is 0 Å². The van der Waals surface area contributed by atoms with E-state index in [4.69, 9.17) is 28.4 Å². The van der Waals surface area contributed by atoms with Crippen LogP contribution in [-0.2, 0) is 42.8 Å². The number of rotatable bonds is 0. The van der Waals surface area contributed by atoms with Crippen LogP contribution in [0.4, 0.5) is 0 Å². The Labute approximate surface area is 232 Å². The molecule has 12 unspecified atom stereocenters. The molecule has 4 aliphatic heterocycles. The van der Waals surface area contributed by atoms with Crippen LogP contribution in [0.1, 0.15) is 99.3 Å². The van der Waals surface area contributed by atoms with Crippen LogP contribution in [-0.4, -0.2) is 72.8 Å². The molecule has 0 saturated carbocycles. The number of carbonyl (C=O) groups is 3. The van der Waals surface area contributed by atoms with Crippen molar-refractivity contribution in [3.05, 3.63) is 0 Å². The van der Waals surface area contributed by atoms with Gasteiger partial charge in [0, 0.05) is 19.3 Å². The van der Waals surface area contributed by atoms with Crippen LogP contribution >= 0.6 is 0 Å². The molecule has 12 atom stereocenters. The van der Waals surface area contributed by atoms with Crippen LogP contribution < -0.4 is 0 Å². The van der Waals surface area contributed by atoms with E-state index in [-0.39, 0.29) is 90.6 Å². The zero-order valence-corrected chi connectivity index (χ0v) is 24.5. The molecule has 0 aliphatic carbocycles. The Kier molecular flexibility index (Phi) is 10.3. The highest BCUT2D eigenvalue weighted by Gasteiger charge is 2.39. The number of hydrogen-bond donors (Lipinski definition) is 0. The number of esters is 3. The maximum absolute atomic E-state index is 12.9. The van der Waals surface area contributed by atoms with Crippen molar-refractivity contribution in [2.75, 3.05) is 0 Å². The van der Waals surface area contributed by atoms with Gasteiger partial charge in [-0.05, 0) is 80.1 Å². The third kappa shape index (κ3) is 7.94. The molecule has 0 aromatic heterocycles. The summed E-state index contributed by atoms with van der Waals surface area (Å²) in [5.41, 5.74) is 0. The highest BCUT2D eigenvalue weighted by Crippen LogP contribution is 2.33. The van der Waals surface area contributed by atoms with E-state index in [1.165, 1.54) is 0 Å². The lowest BCUT2D eigenvalue weighted by Crippen LogP contribution is -2.34. The van der Waals surface area contributed by atoms with E-state index in [1.807, 2.05) is 41.5 Å². The molecule has 4 saturated heterocycles. The lowest BCUT2D eigenvalue weighted by atomic mass is 10.0. The molecule has 9 heteroatoms. The molecule has 0 N–H and O–H groups in total. The third-order valence-electron chi connectivity index (χ3n) is 8.95. The van der Waals surface area contributed by atoms with Gasteiger partial charge >= 0.3 is 17.9 Å². The van der Waals surface area contributed by atoms with E-state index in [9.17, 15) is 14.4 Å². The van der Waals surface area contributed by atoms with Crippen molar-refractivity contribution in [2.24, 2.45) is 17.8 Å². The number of ether oxygens (including phenoxy) is 6. The van der Waals surface area contributed by atoms with Crippen LogP contribution in [0.2, 0.25) is 0 Å². The summed E-state index contributed by atoms with van der Waals surface area (Å²) in [6, 6.07) is 0. The predicted octanol–water partition coefficient (Wildman–Crippen LogP) is 4.52. The lowest BCUT2D eigenvalue weighted by Gasteiger charge is -2.26. The van der Waals surface area contributed by atoms with Crippen molar-refractivity contribution >= 4 is 17.9 Å².